The zero-order valence-electron chi connectivity index (χ0n) is 5.71. The maximum atomic E-state index is 5.66. The summed E-state index contributed by atoms with van der Waals surface area (Å²) in [5.41, 5.74) is 0. The van der Waals surface area contributed by atoms with Gasteiger partial charge in [0.25, 0.3) is 0 Å². The molecular weight excluding hydrogens is 164 g/mol. The van der Waals surface area contributed by atoms with E-state index in [-0.39, 0.29) is 6.17 Å². The van der Waals surface area contributed by atoms with Gasteiger partial charge in [0.2, 0.25) is 0 Å². The molecule has 4 nitrogen and oxygen atoms in total. The van der Waals surface area contributed by atoms with Crippen molar-refractivity contribution in [1.82, 2.24) is 20.6 Å². The summed E-state index contributed by atoms with van der Waals surface area (Å²) in [5, 5.41) is 6.67. The fraction of sp³-hybridized carbons (Fsp3) is 0.333. The van der Waals surface area contributed by atoms with Crippen molar-refractivity contribution in [2.24, 2.45) is 0 Å². The third-order valence-corrected chi connectivity index (χ3v) is 1.72. The summed E-state index contributed by atoms with van der Waals surface area (Å²) in [4.78, 5) is 8.07. The van der Waals surface area contributed by atoms with E-state index in [1.807, 2.05) is 0 Å². The number of rotatable bonds is 1. The topological polar surface area (TPSA) is 49.8 Å². The molecule has 1 aliphatic heterocycles. The summed E-state index contributed by atoms with van der Waals surface area (Å²) in [6, 6.07) is 1.66. The summed E-state index contributed by atoms with van der Waals surface area (Å²) in [7, 11) is 0. The highest BCUT2D eigenvalue weighted by atomic mass is 35.5. The van der Waals surface area contributed by atoms with Gasteiger partial charge in [0.15, 0.2) is 5.82 Å². The van der Waals surface area contributed by atoms with Gasteiger partial charge < -0.3 is 0 Å². The molecule has 0 atom stereocenters. The largest absolute Gasteiger partial charge is 0.283 e. The first-order chi connectivity index (χ1) is 5.36. The molecule has 1 aromatic rings. The van der Waals surface area contributed by atoms with E-state index in [1.165, 1.54) is 0 Å². The smallest absolute Gasteiger partial charge is 0.161 e. The molecule has 0 aliphatic carbocycles. The molecule has 0 spiro atoms. The minimum absolute atomic E-state index is 0.0775. The molecule has 1 saturated heterocycles. The molecule has 11 heavy (non-hydrogen) atoms. The molecule has 2 rings (SSSR count). The van der Waals surface area contributed by atoms with Gasteiger partial charge >= 0.3 is 0 Å². The lowest BCUT2D eigenvalue weighted by Gasteiger charge is -2.27. The van der Waals surface area contributed by atoms with Crippen LogP contribution >= 0.6 is 11.6 Å². The molecule has 0 amide bonds. The van der Waals surface area contributed by atoms with E-state index >= 15 is 0 Å². The van der Waals surface area contributed by atoms with Gasteiger partial charge in [-0.25, -0.2) is 9.97 Å². The Hall–Kier alpha value is -0.710. The van der Waals surface area contributed by atoms with Crippen molar-refractivity contribution in [2.75, 3.05) is 6.67 Å². The van der Waals surface area contributed by atoms with Gasteiger partial charge in [-0.2, -0.15) is 0 Å². The summed E-state index contributed by atoms with van der Waals surface area (Å²) in [6.45, 7) is 0.806. The van der Waals surface area contributed by atoms with Crippen LogP contribution in [0, 0.1) is 0 Å². The normalized spacial score (nSPS) is 17.9. The Balaban J connectivity index is 2.23. The number of aromatic nitrogens is 2. The minimum atomic E-state index is 0.0775. The standard InChI is InChI=1S/C6H7ClN4/c7-4-1-2-8-6(11-4)5-9-3-10-5/h1-2,5,9-10H,3H2. The van der Waals surface area contributed by atoms with Crippen LogP contribution in [0.3, 0.4) is 0 Å². The van der Waals surface area contributed by atoms with Gasteiger partial charge in [-0.15, -0.1) is 0 Å². The number of hydrogen-bond donors (Lipinski definition) is 2. The van der Waals surface area contributed by atoms with Crippen LogP contribution in [-0.4, -0.2) is 16.6 Å². The third kappa shape index (κ3) is 1.33. The van der Waals surface area contributed by atoms with Crippen LogP contribution in [0.25, 0.3) is 0 Å². The van der Waals surface area contributed by atoms with Crippen molar-refractivity contribution in [1.29, 1.82) is 0 Å². The first-order valence-corrected chi connectivity index (χ1v) is 3.69. The lowest BCUT2D eigenvalue weighted by molar-refractivity contribution is 0.294. The molecule has 2 heterocycles. The van der Waals surface area contributed by atoms with E-state index in [2.05, 4.69) is 20.6 Å². The molecule has 1 aromatic heterocycles. The van der Waals surface area contributed by atoms with Crippen molar-refractivity contribution >= 4 is 11.6 Å². The maximum absolute atomic E-state index is 5.66. The molecule has 0 saturated carbocycles. The van der Waals surface area contributed by atoms with Gasteiger partial charge in [0, 0.05) is 12.9 Å². The molecule has 1 aliphatic rings. The van der Waals surface area contributed by atoms with Crippen LogP contribution in [0.15, 0.2) is 12.3 Å². The second-order valence-electron chi connectivity index (χ2n) is 2.26. The second kappa shape index (κ2) is 2.73. The average Bonchev–Trinajstić information content (AvgIpc) is 1.83. The Kier molecular flexibility index (Phi) is 1.73. The summed E-state index contributed by atoms with van der Waals surface area (Å²) in [6.07, 6.45) is 1.72. The zero-order valence-corrected chi connectivity index (χ0v) is 6.47. The Labute approximate surface area is 69.0 Å². The Morgan fingerprint density at radius 2 is 2.36 bits per heavy atom. The Morgan fingerprint density at radius 3 is 2.91 bits per heavy atom. The van der Waals surface area contributed by atoms with E-state index in [9.17, 15) is 0 Å². The van der Waals surface area contributed by atoms with Crippen molar-refractivity contribution < 1.29 is 0 Å². The van der Waals surface area contributed by atoms with Crippen LogP contribution in [0.4, 0.5) is 0 Å². The van der Waals surface area contributed by atoms with E-state index in [0.29, 0.717) is 11.0 Å². The molecule has 0 bridgehead atoms. The molecule has 0 radical (unpaired) electrons. The first kappa shape index (κ1) is 6.97. The monoisotopic (exact) mass is 170 g/mol. The van der Waals surface area contributed by atoms with Crippen molar-refractivity contribution in [2.45, 2.75) is 6.17 Å². The average molecular weight is 171 g/mol. The van der Waals surface area contributed by atoms with Gasteiger partial charge in [0.05, 0.1) is 0 Å². The van der Waals surface area contributed by atoms with Crippen molar-refractivity contribution in [3.8, 4) is 0 Å². The van der Waals surface area contributed by atoms with E-state index in [4.69, 9.17) is 11.6 Å². The van der Waals surface area contributed by atoms with Crippen LogP contribution in [0.5, 0.6) is 0 Å². The number of hydrogen-bond acceptors (Lipinski definition) is 4. The molecule has 0 aromatic carbocycles. The Morgan fingerprint density at radius 1 is 1.55 bits per heavy atom. The van der Waals surface area contributed by atoms with Crippen LogP contribution < -0.4 is 10.6 Å². The highest BCUT2D eigenvalue weighted by Crippen LogP contribution is 2.10. The van der Waals surface area contributed by atoms with Gasteiger partial charge in [0.1, 0.15) is 11.3 Å². The number of halogens is 1. The highest BCUT2D eigenvalue weighted by Gasteiger charge is 2.19. The number of nitrogens with zero attached hydrogens (tertiary/aromatic N) is 2. The zero-order chi connectivity index (χ0) is 7.68. The minimum Gasteiger partial charge on any atom is -0.283 e. The van der Waals surface area contributed by atoms with E-state index in [1.54, 1.807) is 12.3 Å². The summed E-state index contributed by atoms with van der Waals surface area (Å²) < 4.78 is 0. The molecule has 1 fully saturated rings. The molecular formula is C6H7ClN4. The van der Waals surface area contributed by atoms with Gasteiger partial charge in [-0.1, -0.05) is 11.6 Å². The fourth-order valence-electron chi connectivity index (χ4n) is 0.876. The molecule has 5 heteroatoms. The molecule has 58 valence electrons. The first-order valence-electron chi connectivity index (χ1n) is 3.31. The molecule has 2 N–H and O–H groups in total. The maximum Gasteiger partial charge on any atom is 0.161 e. The highest BCUT2D eigenvalue weighted by molar-refractivity contribution is 6.29. The second-order valence-corrected chi connectivity index (χ2v) is 2.64. The lowest BCUT2D eigenvalue weighted by Crippen LogP contribution is -2.52. The predicted molar refractivity (Wildman–Crippen MR) is 40.9 cm³/mol. The number of nitrogens with one attached hydrogen (secondary N) is 2. The van der Waals surface area contributed by atoms with Gasteiger partial charge in [-0.3, -0.25) is 10.6 Å². The van der Waals surface area contributed by atoms with E-state index in [0.717, 1.165) is 6.67 Å². The summed E-state index contributed by atoms with van der Waals surface area (Å²) >= 11 is 5.66. The van der Waals surface area contributed by atoms with Crippen molar-refractivity contribution in [3.63, 3.8) is 0 Å². The third-order valence-electron chi connectivity index (χ3n) is 1.51. The van der Waals surface area contributed by atoms with E-state index < -0.39 is 0 Å². The SMILES string of the molecule is Clc1ccnc(C2NCN2)n1. The quantitative estimate of drug-likeness (QED) is 0.595. The summed E-state index contributed by atoms with van der Waals surface area (Å²) in [5.74, 6) is 0.698. The van der Waals surface area contributed by atoms with Crippen LogP contribution in [0.2, 0.25) is 5.15 Å². The lowest BCUT2D eigenvalue weighted by atomic mass is 10.4. The Bertz CT molecular complexity index is 261. The van der Waals surface area contributed by atoms with Gasteiger partial charge in [-0.05, 0) is 6.07 Å². The fourth-order valence-corrected chi connectivity index (χ4v) is 1.02. The molecule has 0 unspecified atom stereocenters. The van der Waals surface area contributed by atoms with Crippen molar-refractivity contribution in [3.05, 3.63) is 23.2 Å². The van der Waals surface area contributed by atoms with Crippen LogP contribution in [-0.2, 0) is 0 Å². The van der Waals surface area contributed by atoms with Crippen LogP contribution in [0.1, 0.15) is 12.0 Å². The predicted octanol–water partition coefficient (Wildman–Crippen LogP) is 0.279.